The SMILES string of the molecule is CC1=NO[C@@]2(CC[C@H](C)N3C[C@H]2n2cc(C(=O)NCc4ccc(F)cc4F)c(=O)c(OC(=O)N4CCOC[C@@H]4CN(CC(=O)O)C(=O)OCOP(=O)(O)O)c2C3=O)C1. The van der Waals surface area contributed by atoms with Crippen LogP contribution >= 0.6 is 7.82 Å². The average Bonchev–Trinajstić information content (AvgIpc) is 3.48. The zero-order chi connectivity index (χ0) is 42.1. The quantitative estimate of drug-likeness (QED) is 0.185. The van der Waals surface area contributed by atoms with E-state index in [0.717, 1.165) is 23.2 Å². The van der Waals surface area contributed by atoms with Crippen molar-refractivity contribution in [2.75, 3.05) is 46.2 Å². The molecule has 24 heteroatoms. The van der Waals surface area contributed by atoms with Gasteiger partial charge in [0, 0.05) is 56.5 Å². The number of fused-ring (bicyclic) bond motifs is 5. The number of nitrogens with zero attached hydrogens (tertiary/aromatic N) is 5. The van der Waals surface area contributed by atoms with Gasteiger partial charge in [0.2, 0.25) is 18.0 Å². The summed E-state index contributed by atoms with van der Waals surface area (Å²) in [7, 11) is -5.06. The lowest BCUT2D eigenvalue weighted by atomic mass is 9.84. The van der Waals surface area contributed by atoms with Crippen LogP contribution in [0.25, 0.3) is 0 Å². The van der Waals surface area contributed by atoms with Crippen LogP contribution in [0.1, 0.15) is 65.6 Å². The van der Waals surface area contributed by atoms with Gasteiger partial charge >= 0.3 is 26.0 Å². The molecular weight excluding hydrogens is 801 g/mol. The molecule has 5 heterocycles. The smallest absolute Gasteiger partial charge is 0.472 e. The van der Waals surface area contributed by atoms with Crippen molar-refractivity contribution in [3.05, 3.63) is 63.1 Å². The number of aliphatic carboxylic acids is 1. The van der Waals surface area contributed by atoms with Crippen molar-refractivity contribution >= 4 is 43.5 Å². The number of phosphoric ester groups is 1. The Kier molecular flexibility index (Phi) is 12.2. The molecule has 0 saturated carbocycles. The Morgan fingerprint density at radius 2 is 1.95 bits per heavy atom. The molecular formula is C34H39F2N6O15P. The summed E-state index contributed by atoms with van der Waals surface area (Å²) in [6, 6.07) is 0.375. The van der Waals surface area contributed by atoms with Gasteiger partial charge in [0.1, 0.15) is 23.7 Å². The second kappa shape index (κ2) is 16.8. The monoisotopic (exact) mass is 840 g/mol. The first-order valence-corrected chi connectivity index (χ1v) is 19.3. The van der Waals surface area contributed by atoms with Crippen LogP contribution in [0.3, 0.4) is 0 Å². The van der Waals surface area contributed by atoms with E-state index >= 15 is 0 Å². The van der Waals surface area contributed by atoms with Crippen LogP contribution in [0.15, 0.2) is 34.3 Å². The van der Waals surface area contributed by atoms with Gasteiger partial charge in [0.15, 0.2) is 11.3 Å². The van der Waals surface area contributed by atoms with E-state index in [1.165, 1.54) is 9.47 Å². The Bertz CT molecular complexity index is 2150. The normalized spacial score (nSPS) is 22.7. The van der Waals surface area contributed by atoms with Crippen molar-refractivity contribution in [2.24, 2.45) is 5.16 Å². The summed E-state index contributed by atoms with van der Waals surface area (Å²) in [6.07, 6.45) is -0.308. The molecule has 2 saturated heterocycles. The maximum atomic E-state index is 14.5. The number of pyridine rings is 1. The Balaban J connectivity index is 1.37. The van der Waals surface area contributed by atoms with Crippen LogP contribution in [0, 0.1) is 11.6 Å². The van der Waals surface area contributed by atoms with E-state index in [0.29, 0.717) is 35.9 Å². The van der Waals surface area contributed by atoms with Gasteiger partial charge in [-0.05, 0) is 32.8 Å². The average molecular weight is 841 g/mol. The fourth-order valence-electron chi connectivity index (χ4n) is 7.35. The number of ether oxygens (including phenoxy) is 3. The zero-order valence-corrected chi connectivity index (χ0v) is 31.9. The molecule has 314 valence electrons. The predicted molar refractivity (Wildman–Crippen MR) is 190 cm³/mol. The van der Waals surface area contributed by atoms with E-state index in [4.69, 9.17) is 24.1 Å². The van der Waals surface area contributed by atoms with E-state index in [1.807, 2.05) is 0 Å². The largest absolute Gasteiger partial charge is 0.480 e. The van der Waals surface area contributed by atoms with Gasteiger partial charge in [-0.2, -0.15) is 0 Å². The van der Waals surface area contributed by atoms with Gasteiger partial charge in [-0.15, -0.1) is 0 Å². The van der Waals surface area contributed by atoms with E-state index in [2.05, 4.69) is 19.7 Å². The molecule has 58 heavy (non-hydrogen) atoms. The second-order valence-corrected chi connectivity index (χ2v) is 15.3. The third-order valence-corrected chi connectivity index (χ3v) is 10.6. The molecule has 2 aromatic rings. The highest BCUT2D eigenvalue weighted by Gasteiger charge is 2.54. The Morgan fingerprint density at radius 3 is 2.62 bits per heavy atom. The van der Waals surface area contributed by atoms with Crippen LogP contribution in [0.4, 0.5) is 18.4 Å². The first-order valence-electron chi connectivity index (χ1n) is 17.8. The van der Waals surface area contributed by atoms with Crippen molar-refractivity contribution in [2.45, 2.75) is 63.4 Å². The molecule has 1 aromatic heterocycles. The van der Waals surface area contributed by atoms with Gasteiger partial charge < -0.3 is 48.7 Å². The summed E-state index contributed by atoms with van der Waals surface area (Å²) in [5, 5.41) is 16.0. The molecule has 0 radical (unpaired) electrons. The molecule has 21 nitrogen and oxygen atoms in total. The lowest BCUT2D eigenvalue weighted by Crippen LogP contribution is -2.56. The highest BCUT2D eigenvalue weighted by Crippen LogP contribution is 2.46. The number of amides is 4. The van der Waals surface area contributed by atoms with Crippen molar-refractivity contribution in [1.29, 1.82) is 0 Å². The topological polar surface area (TPSA) is 265 Å². The maximum absolute atomic E-state index is 14.5. The Hall–Kier alpha value is -5.48. The van der Waals surface area contributed by atoms with Gasteiger partial charge in [0.25, 0.3) is 11.8 Å². The molecule has 4 atom stereocenters. The Morgan fingerprint density at radius 1 is 1.19 bits per heavy atom. The van der Waals surface area contributed by atoms with Crippen LogP contribution in [0.5, 0.6) is 5.75 Å². The summed E-state index contributed by atoms with van der Waals surface area (Å²) >= 11 is 0. The lowest BCUT2D eigenvalue weighted by Gasteiger charge is -2.42. The van der Waals surface area contributed by atoms with Gasteiger partial charge in [-0.3, -0.25) is 29.0 Å². The van der Waals surface area contributed by atoms with Crippen LogP contribution in [-0.2, 0) is 34.7 Å². The molecule has 0 unspecified atom stereocenters. The number of carbonyl (C=O) groups is 5. The molecule has 6 rings (SSSR count). The summed E-state index contributed by atoms with van der Waals surface area (Å²) < 4.78 is 60.4. The number of phosphoric acid groups is 1. The number of aromatic nitrogens is 1. The third-order valence-electron chi connectivity index (χ3n) is 10.2. The maximum Gasteiger partial charge on any atom is 0.472 e. The number of hydrogen-bond donors (Lipinski definition) is 4. The number of rotatable bonds is 11. The number of carboxylic acid groups (broad SMARTS) is 1. The van der Waals surface area contributed by atoms with Crippen molar-refractivity contribution in [3.63, 3.8) is 0 Å². The summed E-state index contributed by atoms with van der Waals surface area (Å²) in [5.41, 5.74) is -2.69. The van der Waals surface area contributed by atoms with E-state index in [1.54, 1.807) is 13.8 Å². The van der Waals surface area contributed by atoms with Gasteiger partial charge in [0.05, 0.1) is 31.0 Å². The number of carboxylic acids is 1. The van der Waals surface area contributed by atoms with Crippen molar-refractivity contribution < 1.29 is 75.8 Å². The van der Waals surface area contributed by atoms with Crippen LogP contribution in [0.2, 0.25) is 0 Å². The fourth-order valence-corrected chi connectivity index (χ4v) is 7.54. The zero-order valence-electron chi connectivity index (χ0n) is 31.0. The molecule has 4 aliphatic heterocycles. The molecule has 4 aliphatic rings. The summed E-state index contributed by atoms with van der Waals surface area (Å²) in [4.78, 5) is 108. The standard InChI is InChI=1S/C34H39F2N6O15P/c1-18-10-34(57-38-18)6-5-19(2)41-14-25(34)42-13-23(30(46)37-11-20-3-4-21(35)9-24(20)36)28(45)29(27(42)31(41)47)56-33(49)40-7-8-53-16-22(40)12-39(15-26(43)44)32(48)54-17-55-58(50,51)52/h3-4,9,13,19,22,25H,5-8,10-12,14-17H2,1-2H3,(H,37,46)(H,43,44)(H2,50,51,52)/t19-,22-,25+,34-/m0/s1. The van der Waals surface area contributed by atoms with E-state index < -0.39 is 110 Å². The van der Waals surface area contributed by atoms with E-state index in [9.17, 15) is 47.2 Å². The van der Waals surface area contributed by atoms with E-state index in [-0.39, 0.29) is 43.6 Å². The summed E-state index contributed by atoms with van der Waals surface area (Å²) in [6.45, 7) is -0.323. The molecule has 1 aromatic carbocycles. The molecule has 2 fully saturated rings. The van der Waals surface area contributed by atoms with Crippen LogP contribution in [-0.4, -0.2) is 134 Å². The number of carbonyl (C=O) groups excluding carboxylic acids is 4. The molecule has 1 spiro atoms. The highest BCUT2D eigenvalue weighted by atomic mass is 31.2. The predicted octanol–water partition coefficient (Wildman–Crippen LogP) is 1.56. The molecule has 0 aliphatic carbocycles. The van der Waals surface area contributed by atoms with Crippen molar-refractivity contribution in [1.82, 2.24) is 24.6 Å². The number of benzene rings is 1. The second-order valence-electron chi connectivity index (χ2n) is 14.1. The minimum absolute atomic E-state index is 0.0636. The number of oxime groups is 1. The molecule has 2 bridgehead atoms. The lowest BCUT2D eigenvalue weighted by molar-refractivity contribution is -0.138. The van der Waals surface area contributed by atoms with Gasteiger partial charge in [-0.25, -0.2) is 27.5 Å². The summed E-state index contributed by atoms with van der Waals surface area (Å²) in [5.74, 6) is -5.94. The molecule has 4 N–H and O–H groups in total. The van der Waals surface area contributed by atoms with Crippen LogP contribution < -0.4 is 15.5 Å². The first-order chi connectivity index (χ1) is 27.4. The highest BCUT2D eigenvalue weighted by molar-refractivity contribution is 7.46. The number of morpholine rings is 1. The first kappa shape index (κ1) is 42.1. The van der Waals surface area contributed by atoms with Crippen molar-refractivity contribution in [3.8, 4) is 5.75 Å². The number of halogens is 2. The fraction of sp³-hybridized carbons (Fsp3) is 0.500. The molecule has 4 amide bonds. The van der Waals surface area contributed by atoms with Gasteiger partial charge in [-0.1, -0.05) is 11.2 Å². The number of nitrogens with one attached hydrogen (secondary N) is 1. The Labute approximate surface area is 327 Å². The minimum atomic E-state index is -5.06. The number of hydrogen-bond acceptors (Lipinski definition) is 13. The minimum Gasteiger partial charge on any atom is -0.480 e. The third kappa shape index (κ3) is 8.97.